The van der Waals surface area contributed by atoms with Crippen molar-refractivity contribution in [2.24, 2.45) is 0 Å². The lowest BCUT2D eigenvalue weighted by molar-refractivity contribution is -0.133. The van der Waals surface area contributed by atoms with E-state index in [9.17, 15) is 4.79 Å². The third-order valence-corrected chi connectivity index (χ3v) is 5.11. The first-order valence-electron chi connectivity index (χ1n) is 9.37. The number of hydrogen-bond acceptors (Lipinski definition) is 5. The highest BCUT2D eigenvalue weighted by Gasteiger charge is 2.23. The number of amides is 1. The van der Waals surface area contributed by atoms with Crippen LogP contribution in [0.5, 0.6) is 17.2 Å². The van der Waals surface area contributed by atoms with Gasteiger partial charge in [0, 0.05) is 25.2 Å². The van der Waals surface area contributed by atoms with E-state index in [0.717, 1.165) is 29.0 Å². The van der Waals surface area contributed by atoms with Crippen LogP contribution in [0.3, 0.4) is 0 Å². The lowest BCUT2D eigenvalue weighted by atomic mass is 9.98. The lowest BCUT2D eigenvalue weighted by Crippen LogP contribution is -2.41. The molecule has 0 fully saturated rings. The summed E-state index contributed by atoms with van der Waals surface area (Å²) in [6.45, 7) is 2.33. The molecule has 3 rings (SSSR count). The lowest BCUT2D eigenvalue weighted by Gasteiger charge is -2.31. The third-order valence-electron chi connectivity index (χ3n) is 5.11. The van der Waals surface area contributed by atoms with Crippen LogP contribution in [-0.2, 0) is 24.3 Å². The van der Waals surface area contributed by atoms with Gasteiger partial charge in [-0.15, -0.1) is 0 Å². The van der Waals surface area contributed by atoms with Gasteiger partial charge in [-0.3, -0.25) is 9.69 Å². The molecule has 0 radical (unpaired) electrons. The summed E-state index contributed by atoms with van der Waals surface area (Å²) in [4.78, 5) is 16.8. The first-order chi connectivity index (χ1) is 13.5. The van der Waals surface area contributed by atoms with Gasteiger partial charge in [-0.2, -0.15) is 0 Å². The van der Waals surface area contributed by atoms with Crippen LogP contribution in [0.4, 0.5) is 0 Å². The number of ether oxygens (including phenoxy) is 3. The average Bonchev–Trinajstić information content (AvgIpc) is 2.72. The molecule has 2 aromatic carbocycles. The smallest absolute Gasteiger partial charge is 0.237 e. The number of fused-ring (bicyclic) bond motifs is 1. The summed E-state index contributed by atoms with van der Waals surface area (Å²) < 4.78 is 16.2. The van der Waals surface area contributed by atoms with Crippen molar-refractivity contribution in [2.45, 2.75) is 19.5 Å². The molecule has 0 aliphatic carbocycles. The van der Waals surface area contributed by atoms with Crippen LogP contribution in [0.1, 0.15) is 16.7 Å². The van der Waals surface area contributed by atoms with Crippen LogP contribution >= 0.6 is 0 Å². The molecule has 28 heavy (non-hydrogen) atoms. The van der Waals surface area contributed by atoms with Crippen molar-refractivity contribution in [3.63, 3.8) is 0 Å². The maximum atomic E-state index is 12.8. The quantitative estimate of drug-likeness (QED) is 0.735. The van der Waals surface area contributed by atoms with Gasteiger partial charge in [0.15, 0.2) is 11.5 Å². The zero-order chi connectivity index (χ0) is 20.1. The number of carbonyl (C=O) groups excluding carboxylic acids is 1. The Kier molecular flexibility index (Phi) is 6.41. The van der Waals surface area contributed by atoms with Crippen LogP contribution < -0.4 is 14.2 Å². The van der Waals surface area contributed by atoms with E-state index in [2.05, 4.69) is 0 Å². The minimum absolute atomic E-state index is 0.123. The molecule has 0 saturated carbocycles. The number of likely N-dealkylation sites (N-methyl/N-ethyl adjacent to an activating group) is 1. The van der Waals surface area contributed by atoms with Crippen LogP contribution in [0, 0.1) is 0 Å². The molecular formula is C22H28N2O4. The molecular weight excluding hydrogens is 356 g/mol. The van der Waals surface area contributed by atoms with Crippen LogP contribution in [0.15, 0.2) is 36.4 Å². The second-order valence-electron chi connectivity index (χ2n) is 7.03. The normalized spacial score (nSPS) is 13.2. The van der Waals surface area contributed by atoms with E-state index in [4.69, 9.17) is 14.2 Å². The fourth-order valence-electron chi connectivity index (χ4n) is 3.61. The fourth-order valence-corrected chi connectivity index (χ4v) is 3.61. The number of para-hydroxylation sites is 1. The summed E-state index contributed by atoms with van der Waals surface area (Å²) in [6.07, 6.45) is 0.817. The zero-order valence-corrected chi connectivity index (χ0v) is 17.0. The van der Waals surface area contributed by atoms with E-state index >= 15 is 0 Å². The second kappa shape index (κ2) is 8.97. The highest BCUT2D eigenvalue weighted by Crippen LogP contribution is 2.33. The van der Waals surface area contributed by atoms with E-state index in [-0.39, 0.29) is 5.91 Å². The van der Waals surface area contributed by atoms with Gasteiger partial charge in [-0.05, 0) is 42.8 Å². The van der Waals surface area contributed by atoms with Crippen molar-refractivity contribution in [2.75, 3.05) is 41.5 Å². The Bertz CT molecular complexity index is 837. The Morgan fingerprint density at radius 1 is 1.00 bits per heavy atom. The Labute approximate surface area is 166 Å². The van der Waals surface area contributed by atoms with Gasteiger partial charge in [-0.25, -0.2) is 0 Å². The Balaban J connectivity index is 1.64. The predicted octanol–water partition coefficient (Wildman–Crippen LogP) is 2.73. The molecule has 1 aliphatic rings. The summed E-state index contributed by atoms with van der Waals surface area (Å²) in [5.74, 6) is 2.40. The summed E-state index contributed by atoms with van der Waals surface area (Å²) in [7, 11) is 6.89. The number of methoxy groups -OCH3 is 3. The highest BCUT2D eigenvalue weighted by atomic mass is 16.5. The number of hydrogen-bond donors (Lipinski definition) is 0. The van der Waals surface area contributed by atoms with Crippen molar-refractivity contribution in [1.29, 1.82) is 0 Å². The summed E-state index contributed by atoms with van der Waals surface area (Å²) in [5, 5.41) is 0. The van der Waals surface area contributed by atoms with Gasteiger partial charge in [0.25, 0.3) is 0 Å². The number of rotatable bonds is 7. The number of nitrogens with zero attached hydrogens (tertiary/aromatic N) is 2. The molecule has 0 atom stereocenters. The van der Waals surface area contributed by atoms with Gasteiger partial charge < -0.3 is 19.1 Å². The Morgan fingerprint density at radius 2 is 1.64 bits per heavy atom. The van der Waals surface area contributed by atoms with E-state index in [0.29, 0.717) is 31.9 Å². The third kappa shape index (κ3) is 4.39. The molecule has 0 bridgehead atoms. The maximum absolute atomic E-state index is 12.8. The van der Waals surface area contributed by atoms with Gasteiger partial charge in [0.05, 0.1) is 27.9 Å². The van der Waals surface area contributed by atoms with Gasteiger partial charge in [-0.1, -0.05) is 18.2 Å². The minimum atomic E-state index is 0.123. The van der Waals surface area contributed by atoms with Crippen molar-refractivity contribution in [3.05, 3.63) is 53.1 Å². The van der Waals surface area contributed by atoms with Gasteiger partial charge >= 0.3 is 0 Å². The summed E-state index contributed by atoms with van der Waals surface area (Å²) >= 11 is 0. The number of carbonyl (C=O) groups is 1. The molecule has 0 spiro atoms. The molecule has 150 valence electrons. The SMILES string of the molecule is COc1ccccc1CN(C)CC(=O)N1CCc2cc(OC)c(OC)cc2C1. The average molecular weight is 384 g/mol. The molecule has 0 unspecified atom stereocenters. The zero-order valence-electron chi connectivity index (χ0n) is 17.0. The first-order valence-corrected chi connectivity index (χ1v) is 9.37. The van der Waals surface area contributed by atoms with Crippen LogP contribution in [-0.4, -0.2) is 57.2 Å². The molecule has 0 aromatic heterocycles. The van der Waals surface area contributed by atoms with Gasteiger partial charge in [0.1, 0.15) is 5.75 Å². The fraction of sp³-hybridized carbons (Fsp3) is 0.409. The molecule has 1 aliphatic heterocycles. The Hall–Kier alpha value is -2.73. The summed E-state index contributed by atoms with van der Waals surface area (Å²) in [5.41, 5.74) is 3.40. The highest BCUT2D eigenvalue weighted by molar-refractivity contribution is 5.78. The molecule has 6 heteroatoms. The van der Waals surface area contributed by atoms with E-state index in [1.54, 1.807) is 21.3 Å². The number of benzene rings is 2. The van der Waals surface area contributed by atoms with Crippen molar-refractivity contribution in [3.8, 4) is 17.2 Å². The molecule has 0 saturated heterocycles. The topological polar surface area (TPSA) is 51.2 Å². The van der Waals surface area contributed by atoms with E-state index in [1.807, 2.05) is 53.2 Å². The molecule has 1 amide bonds. The van der Waals surface area contributed by atoms with E-state index in [1.165, 1.54) is 5.56 Å². The Morgan fingerprint density at radius 3 is 2.32 bits per heavy atom. The molecule has 0 N–H and O–H groups in total. The van der Waals surface area contributed by atoms with Crippen molar-refractivity contribution in [1.82, 2.24) is 9.80 Å². The van der Waals surface area contributed by atoms with Crippen LogP contribution in [0.2, 0.25) is 0 Å². The van der Waals surface area contributed by atoms with Crippen molar-refractivity contribution >= 4 is 5.91 Å². The monoisotopic (exact) mass is 384 g/mol. The molecule has 2 aromatic rings. The van der Waals surface area contributed by atoms with Crippen LogP contribution in [0.25, 0.3) is 0 Å². The van der Waals surface area contributed by atoms with Crippen molar-refractivity contribution < 1.29 is 19.0 Å². The predicted molar refractivity (Wildman–Crippen MR) is 108 cm³/mol. The minimum Gasteiger partial charge on any atom is -0.496 e. The van der Waals surface area contributed by atoms with E-state index < -0.39 is 0 Å². The molecule has 6 nitrogen and oxygen atoms in total. The largest absolute Gasteiger partial charge is 0.496 e. The second-order valence-corrected chi connectivity index (χ2v) is 7.03. The van der Waals surface area contributed by atoms with Gasteiger partial charge in [0.2, 0.25) is 5.91 Å². The summed E-state index contributed by atoms with van der Waals surface area (Å²) in [6, 6.07) is 11.9. The maximum Gasteiger partial charge on any atom is 0.237 e. The molecule has 1 heterocycles. The standard InChI is InChI=1S/C22H28N2O4/c1-23(13-17-7-5-6-8-19(17)26-2)15-22(25)24-10-9-16-11-20(27-3)21(28-4)12-18(16)14-24/h5-8,11-12H,9-10,13-15H2,1-4H3. The first kappa shape index (κ1) is 20.0.